The molecule has 1 aromatic rings. The summed E-state index contributed by atoms with van der Waals surface area (Å²) in [6.45, 7) is 0. The molecule has 0 unspecified atom stereocenters. The topological polar surface area (TPSA) is 115 Å². The van der Waals surface area contributed by atoms with E-state index >= 15 is 0 Å². The summed E-state index contributed by atoms with van der Waals surface area (Å²) in [5.41, 5.74) is 0. The monoisotopic (exact) mass is 228 g/mol. The van der Waals surface area contributed by atoms with Crippen LogP contribution in [-0.4, -0.2) is 18.5 Å². The van der Waals surface area contributed by atoms with Crippen LogP contribution in [0, 0.1) is 0 Å². The molecule has 13 heavy (non-hydrogen) atoms. The number of hydrogen-bond donors (Lipinski definition) is 4. The Morgan fingerprint density at radius 3 is 1.15 bits per heavy atom. The van der Waals surface area contributed by atoms with E-state index in [0.29, 0.717) is 0 Å². The van der Waals surface area contributed by atoms with Gasteiger partial charge in [-0.3, -0.25) is 0 Å². The summed E-state index contributed by atoms with van der Waals surface area (Å²) >= 11 is -5.25. The van der Waals surface area contributed by atoms with Crippen LogP contribution in [0.5, 0.6) is 11.5 Å². The van der Waals surface area contributed by atoms with E-state index in [9.17, 15) is 0 Å². The number of hydrogen-bond acceptors (Lipinski definition) is 4. The Morgan fingerprint density at radius 2 is 1.00 bits per heavy atom. The third-order valence-corrected chi connectivity index (χ3v) is 0.850. The zero-order valence-corrected chi connectivity index (χ0v) is 7.60. The van der Waals surface area contributed by atoms with Crippen LogP contribution in [-0.2, 0) is 21.2 Å². The minimum absolute atomic E-state index is 0.169. The van der Waals surface area contributed by atoms with E-state index in [1.165, 1.54) is 24.3 Å². The Labute approximate surface area is 76.1 Å². The molecule has 0 saturated carbocycles. The number of aromatic hydroxyl groups is 2. The summed E-state index contributed by atoms with van der Waals surface area (Å²) in [6, 6.07) is 5.70. The number of phenolic OH excluding ortho intramolecular Hbond substituents is 2. The summed E-state index contributed by atoms with van der Waals surface area (Å²) in [4.78, 5) is 0. The van der Waals surface area contributed by atoms with E-state index in [2.05, 4.69) is 0 Å². The van der Waals surface area contributed by atoms with Crippen molar-refractivity contribution in [3.63, 3.8) is 0 Å². The fourth-order valence-electron chi connectivity index (χ4n) is 0.453. The van der Waals surface area contributed by atoms with Gasteiger partial charge in [-0.25, -0.2) is 0 Å². The minimum atomic E-state index is -5.25. The molecule has 0 atom stereocenters. The van der Waals surface area contributed by atoms with Crippen molar-refractivity contribution in [2.45, 2.75) is 0 Å². The molecule has 0 aromatic heterocycles. The summed E-state index contributed by atoms with van der Waals surface area (Å²) in [6.07, 6.45) is 0. The molecule has 0 spiro atoms. The molecule has 0 fully saturated rings. The SMILES string of the molecule is Oc1ccc(O)cc1.[O]=[Cr](=[O])([OH])[OH]. The summed E-state index contributed by atoms with van der Waals surface area (Å²) in [5.74, 6) is 0.339. The van der Waals surface area contributed by atoms with Crippen LogP contribution in [0.2, 0.25) is 0 Å². The zero-order chi connectivity index (χ0) is 10.5. The molecule has 0 aliphatic rings. The van der Waals surface area contributed by atoms with Gasteiger partial charge in [0.25, 0.3) is 0 Å². The van der Waals surface area contributed by atoms with Crippen LogP contribution in [0.25, 0.3) is 0 Å². The maximum absolute atomic E-state index is 8.82. The first-order chi connectivity index (χ1) is 5.79. The van der Waals surface area contributed by atoms with Crippen molar-refractivity contribution in [2.75, 3.05) is 0 Å². The fourth-order valence-corrected chi connectivity index (χ4v) is 0.453. The second kappa shape index (κ2) is 4.79. The molecule has 6 nitrogen and oxygen atoms in total. The average Bonchev–Trinajstić information content (AvgIpc) is 1.92. The van der Waals surface area contributed by atoms with E-state index in [-0.39, 0.29) is 11.5 Å². The van der Waals surface area contributed by atoms with E-state index < -0.39 is 13.6 Å². The van der Waals surface area contributed by atoms with Crippen LogP contribution in [0.3, 0.4) is 0 Å². The van der Waals surface area contributed by atoms with Crippen LogP contribution in [0.1, 0.15) is 0 Å². The van der Waals surface area contributed by atoms with Gasteiger partial charge in [-0.2, -0.15) is 0 Å². The van der Waals surface area contributed by atoms with Gasteiger partial charge < -0.3 is 10.2 Å². The Morgan fingerprint density at radius 1 is 0.846 bits per heavy atom. The number of phenols is 2. The fraction of sp³-hybridized carbons (Fsp3) is 0. The van der Waals surface area contributed by atoms with Gasteiger partial charge in [-0.1, -0.05) is 0 Å². The third kappa shape index (κ3) is 10.9. The first kappa shape index (κ1) is 11.9. The van der Waals surface area contributed by atoms with Crippen molar-refractivity contribution in [3.8, 4) is 11.5 Å². The molecule has 1 aromatic carbocycles. The maximum atomic E-state index is 8.82. The molecule has 0 bridgehead atoms. The first-order valence-electron chi connectivity index (χ1n) is 2.97. The van der Waals surface area contributed by atoms with Gasteiger partial charge in [0, 0.05) is 0 Å². The van der Waals surface area contributed by atoms with Crippen LogP contribution in [0.4, 0.5) is 0 Å². The van der Waals surface area contributed by atoms with Crippen LogP contribution < -0.4 is 0 Å². The molecular formula is C6H8CrO6. The molecule has 74 valence electrons. The molecule has 0 aliphatic carbocycles. The van der Waals surface area contributed by atoms with Crippen molar-refractivity contribution < 1.29 is 39.7 Å². The Bertz CT molecular complexity index is 311. The molecule has 0 saturated heterocycles. The van der Waals surface area contributed by atoms with Gasteiger partial charge in [0.2, 0.25) is 0 Å². The van der Waals surface area contributed by atoms with Crippen molar-refractivity contribution in [1.82, 2.24) is 0 Å². The van der Waals surface area contributed by atoms with Gasteiger partial charge in [0.05, 0.1) is 0 Å². The molecule has 0 radical (unpaired) electrons. The second-order valence-electron chi connectivity index (χ2n) is 1.96. The predicted octanol–water partition coefficient (Wildman–Crippen LogP) is -0.256. The number of rotatable bonds is 0. The predicted molar refractivity (Wildman–Crippen MR) is 35.6 cm³/mol. The first-order valence-corrected chi connectivity index (χ1v) is 5.15. The van der Waals surface area contributed by atoms with Crippen molar-refractivity contribution in [3.05, 3.63) is 24.3 Å². The molecule has 4 N–H and O–H groups in total. The number of benzene rings is 1. The van der Waals surface area contributed by atoms with Gasteiger partial charge in [0.1, 0.15) is 11.5 Å². The quantitative estimate of drug-likeness (QED) is 0.455. The normalized spacial score (nSPS) is 10.0. The molecule has 7 heteroatoms. The van der Waals surface area contributed by atoms with Crippen LogP contribution in [0.15, 0.2) is 24.3 Å². The van der Waals surface area contributed by atoms with Gasteiger partial charge in [-0.15, -0.1) is 0 Å². The third-order valence-electron chi connectivity index (χ3n) is 0.850. The Hall–Kier alpha value is -1.13. The van der Waals surface area contributed by atoms with Crippen molar-refractivity contribution in [2.24, 2.45) is 0 Å². The van der Waals surface area contributed by atoms with Gasteiger partial charge in [0.15, 0.2) is 0 Å². The van der Waals surface area contributed by atoms with Crippen LogP contribution >= 0.6 is 0 Å². The van der Waals surface area contributed by atoms with Crippen molar-refractivity contribution >= 4 is 0 Å². The summed E-state index contributed by atoms with van der Waals surface area (Å²) < 4.78 is 31.9. The van der Waals surface area contributed by atoms with Gasteiger partial charge in [-0.05, 0) is 24.3 Å². The van der Waals surface area contributed by atoms with E-state index in [4.69, 9.17) is 26.1 Å². The average molecular weight is 228 g/mol. The standard InChI is InChI=1S/C6H6O2.Cr.2H2O.2O/c7-5-1-2-6(8)4-3-5;;;;;/h1-4,7-8H;;2*1H2;;/q;+2;;;;/p-2. The molecule has 1 rings (SSSR count). The van der Waals surface area contributed by atoms with E-state index in [1.54, 1.807) is 0 Å². The molecule has 0 heterocycles. The molecule has 0 aliphatic heterocycles. The summed E-state index contributed by atoms with van der Waals surface area (Å²) in [5, 5.41) is 17.3. The summed E-state index contributed by atoms with van der Waals surface area (Å²) in [7, 11) is 0. The molecule has 0 amide bonds. The van der Waals surface area contributed by atoms with Gasteiger partial charge >= 0.3 is 29.5 Å². The van der Waals surface area contributed by atoms with E-state index in [0.717, 1.165) is 0 Å². The Balaban J connectivity index is 0.000000252. The Kier molecular flexibility index (Phi) is 4.38. The van der Waals surface area contributed by atoms with E-state index in [1.807, 2.05) is 0 Å². The molecular weight excluding hydrogens is 220 g/mol. The van der Waals surface area contributed by atoms with Crippen molar-refractivity contribution in [1.29, 1.82) is 0 Å². The second-order valence-corrected chi connectivity index (χ2v) is 3.36. The zero-order valence-electron chi connectivity index (χ0n) is 6.32.